The zero-order valence-corrected chi connectivity index (χ0v) is 11.8. The third-order valence-corrected chi connectivity index (χ3v) is 2.97. The van der Waals surface area contributed by atoms with Gasteiger partial charge in [0.05, 0.1) is 18.6 Å². The second-order valence-corrected chi connectivity index (χ2v) is 4.81. The van der Waals surface area contributed by atoms with Crippen LogP contribution in [0.3, 0.4) is 0 Å². The normalized spacial score (nSPS) is 11.8. The number of ether oxygens (including phenoxy) is 1. The summed E-state index contributed by atoms with van der Waals surface area (Å²) < 4.78 is 7.17. The third-order valence-electron chi connectivity index (χ3n) is 2.97. The van der Waals surface area contributed by atoms with E-state index in [2.05, 4.69) is 59.9 Å². The van der Waals surface area contributed by atoms with Crippen LogP contribution < -0.4 is 0 Å². The van der Waals surface area contributed by atoms with Gasteiger partial charge in [-0.05, 0) is 19.9 Å². The molecule has 0 N–H and O–H groups in total. The zero-order chi connectivity index (χ0) is 13.7. The van der Waals surface area contributed by atoms with Gasteiger partial charge in [0.25, 0.3) is 0 Å². The van der Waals surface area contributed by atoms with Gasteiger partial charge in [0.2, 0.25) is 0 Å². The van der Waals surface area contributed by atoms with Crippen molar-refractivity contribution in [1.29, 1.82) is 0 Å². The molecule has 100 valence electrons. The summed E-state index contributed by atoms with van der Waals surface area (Å²) in [7, 11) is 1.71. The van der Waals surface area contributed by atoms with E-state index in [0.717, 1.165) is 17.8 Å². The predicted octanol–water partition coefficient (Wildman–Crippen LogP) is 3.45. The molecule has 19 heavy (non-hydrogen) atoms. The second kappa shape index (κ2) is 6.34. The average molecular weight is 256 g/mol. The molecular formula is C16H20N2O. The first-order valence-electron chi connectivity index (χ1n) is 6.42. The summed E-state index contributed by atoms with van der Waals surface area (Å²) in [5.41, 5.74) is 4.66. The Labute approximate surface area is 114 Å². The van der Waals surface area contributed by atoms with Gasteiger partial charge in [-0.2, -0.15) is 0 Å². The number of rotatable bonds is 5. The van der Waals surface area contributed by atoms with Crippen LogP contribution in [0.2, 0.25) is 0 Å². The van der Waals surface area contributed by atoms with Crippen molar-refractivity contribution in [1.82, 2.24) is 9.55 Å². The molecule has 3 heteroatoms. The highest BCUT2D eigenvalue weighted by atomic mass is 16.5. The molecule has 0 radical (unpaired) electrons. The molecule has 0 atom stereocenters. The van der Waals surface area contributed by atoms with E-state index in [4.69, 9.17) is 4.74 Å². The quantitative estimate of drug-likeness (QED) is 0.766. The molecule has 0 saturated heterocycles. The fourth-order valence-corrected chi connectivity index (χ4v) is 1.96. The molecule has 2 rings (SSSR count). The predicted molar refractivity (Wildman–Crippen MR) is 78.0 cm³/mol. The van der Waals surface area contributed by atoms with Crippen molar-refractivity contribution in [3.63, 3.8) is 0 Å². The van der Waals surface area contributed by atoms with Gasteiger partial charge in [-0.1, -0.05) is 35.4 Å². The smallest absolute Gasteiger partial charge is 0.0956 e. The Balaban J connectivity index is 2.09. The fraction of sp³-hybridized carbons (Fsp3) is 0.312. The van der Waals surface area contributed by atoms with Crippen molar-refractivity contribution in [2.75, 3.05) is 13.7 Å². The maximum Gasteiger partial charge on any atom is 0.0956 e. The molecule has 1 aromatic heterocycles. The Kier molecular flexibility index (Phi) is 4.53. The number of benzene rings is 1. The first-order valence-corrected chi connectivity index (χ1v) is 6.42. The topological polar surface area (TPSA) is 27.1 Å². The summed E-state index contributed by atoms with van der Waals surface area (Å²) in [5.74, 6) is 0. The zero-order valence-electron chi connectivity index (χ0n) is 11.8. The number of nitrogens with zero attached hydrogens (tertiary/aromatic N) is 2. The molecular weight excluding hydrogens is 236 g/mol. The van der Waals surface area contributed by atoms with Gasteiger partial charge in [-0.3, -0.25) is 0 Å². The standard InChI is InChI=1S/C16H20N2O/c1-13-5-4-6-15(9-13)16-10-18(12-17-16)8-7-14(2)11-19-3/h4-7,9-10,12H,8,11H2,1-3H3/b14-7+. The van der Waals surface area contributed by atoms with E-state index in [9.17, 15) is 0 Å². The van der Waals surface area contributed by atoms with E-state index in [-0.39, 0.29) is 0 Å². The van der Waals surface area contributed by atoms with Gasteiger partial charge in [-0.15, -0.1) is 0 Å². The Hall–Kier alpha value is -1.87. The van der Waals surface area contributed by atoms with E-state index in [1.165, 1.54) is 11.1 Å². The summed E-state index contributed by atoms with van der Waals surface area (Å²) in [5, 5.41) is 0. The minimum absolute atomic E-state index is 0.680. The van der Waals surface area contributed by atoms with Gasteiger partial charge < -0.3 is 9.30 Å². The molecule has 0 saturated carbocycles. The second-order valence-electron chi connectivity index (χ2n) is 4.81. The Bertz CT molecular complexity index is 570. The van der Waals surface area contributed by atoms with Crippen LogP contribution in [-0.4, -0.2) is 23.3 Å². The summed E-state index contributed by atoms with van der Waals surface area (Å²) in [4.78, 5) is 4.45. The molecule has 0 spiro atoms. The molecule has 0 aliphatic carbocycles. The first kappa shape index (κ1) is 13.6. The van der Waals surface area contributed by atoms with Crippen LogP contribution >= 0.6 is 0 Å². The average Bonchev–Trinajstić information content (AvgIpc) is 2.85. The van der Waals surface area contributed by atoms with E-state index in [1.807, 2.05) is 6.33 Å². The van der Waals surface area contributed by atoms with E-state index in [0.29, 0.717) is 6.61 Å². The van der Waals surface area contributed by atoms with Crippen LogP contribution in [0.1, 0.15) is 12.5 Å². The van der Waals surface area contributed by atoms with Gasteiger partial charge >= 0.3 is 0 Å². The van der Waals surface area contributed by atoms with Crippen LogP contribution in [0.5, 0.6) is 0 Å². The highest BCUT2D eigenvalue weighted by Gasteiger charge is 2.01. The molecule has 0 bridgehead atoms. The lowest BCUT2D eigenvalue weighted by atomic mass is 10.1. The monoisotopic (exact) mass is 256 g/mol. The van der Waals surface area contributed by atoms with Crippen molar-refractivity contribution < 1.29 is 4.74 Å². The molecule has 1 heterocycles. The maximum absolute atomic E-state index is 5.09. The van der Waals surface area contributed by atoms with E-state index < -0.39 is 0 Å². The Morgan fingerprint density at radius 2 is 2.26 bits per heavy atom. The largest absolute Gasteiger partial charge is 0.380 e. The summed E-state index contributed by atoms with van der Waals surface area (Å²) in [6, 6.07) is 8.40. The molecule has 3 nitrogen and oxygen atoms in total. The molecule has 0 unspecified atom stereocenters. The van der Waals surface area contributed by atoms with E-state index >= 15 is 0 Å². The molecule has 0 aliphatic heterocycles. The Morgan fingerprint density at radius 1 is 1.42 bits per heavy atom. The van der Waals surface area contributed by atoms with Crippen molar-refractivity contribution in [2.45, 2.75) is 20.4 Å². The first-order chi connectivity index (χ1) is 9.19. The van der Waals surface area contributed by atoms with Gasteiger partial charge in [0.15, 0.2) is 0 Å². The van der Waals surface area contributed by atoms with Crippen molar-refractivity contribution in [3.8, 4) is 11.3 Å². The summed E-state index contributed by atoms with van der Waals surface area (Å²) >= 11 is 0. The molecule has 0 aliphatic rings. The number of aromatic nitrogens is 2. The number of methoxy groups -OCH3 is 1. The lowest BCUT2D eigenvalue weighted by molar-refractivity contribution is 0.225. The minimum Gasteiger partial charge on any atom is -0.380 e. The lowest BCUT2D eigenvalue weighted by Crippen LogP contribution is -1.95. The number of hydrogen-bond acceptors (Lipinski definition) is 2. The third kappa shape index (κ3) is 3.80. The molecule has 1 aromatic carbocycles. The van der Waals surface area contributed by atoms with Crippen molar-refractivity contribution >= 4 is 0 Å². The lowest BCUT2D eigenvalue weighted by Gasteiger charge is -2.00. The van der Waals surface area contributed by atoms with Crippen LogP contribution in [0.25, 0.3) is 11.3 Å². The number of allylic oxidation sites excluding steroid dienone is 1. The number of imidazole rings is 1. The van der Waals surface area contributed by atoms with Gasteiger partial charge in [0, 0.05) is 25.4 Å². The van der Waals surface area contributed by atoms with E-state index in [1.54, 1.807) is 7.11 Å². The van der Waals surface area contributed by atoms with Gasteiger partial charge in [0.1, 0.15) is 0 Å². The van der Waals surface area contributed by atoms with Gasteiger partial charge in [-0.25, -0.2) is 4.98 Å². The van der Waals surface area contributed by atoms with Crippen molar-refractivity contribution in [2.24, 2.45) is 0 Å². The SMILES string of the molecule is COC/C(C)=C/Cn1cnc(-c2cccc(C)c2)c1. The molecule has 2 aromatic rings. The van der Waals surface area contributed by atoms with Crippen LogP contribution in [-0.2, 0) is 11.3 Å². The highest BCUT2D eigenvalue weighted by molar-refractivity contribution is 5.59. The number of hydrogen-bond donors (Lipinski definition) is 0. The minimum atomic E-state index is 0.680. The fourth-order valence-electron chi connectivity index (χ4n) is 1.96. The highest BCUT2D eigenvalue weighted by Crippen LogP contribution is 2.18. The summed E-state index contributed by atoms with van der Waals surface area (Å²) in [6.45, 7) is 5.67. The molecule has 0 amide bonds. The molecule has 0 fully saturated rings. The number of aryl methyl sites for hydroxylation is 1. The summed E-state index contributed by atoms with van der Waals surface area (Å²) in [6.07, 6.45) is 6.10. The van der Waals surface area contributed by atoms with Crippen LogP contribution in [0.4, 0.5) is 0 Å². The Morgan fingerprint density at radius 3 is 3.00 bits per heavy atom. The van der Waals surface area contributed by atoms with Crippen LogP contribution in [0.15, 0.2) is 48.4 Å². The van der Waals surface area contributed by atoms with Crippen LogP contribution in [0, 0.1) is 6.92 Å². The van der Waals surface area contributed by atoms with Crippen molar-refractivity contribution in [3.05, 3.63) is 54.0 Å². The maximum atomic E-state index is 5.09.